The van der Waals surface area contributed by atoms with E-state index in [4.69, 9.17) is 9.47 Å². The molecule has 16 heavy (non-hydrogen) atoms. The summed E-state index contributed by atoms with van der Waals surface area (Å²) in [6.07, 6.45) is 2.13. The molecule has 0 fully saturated rings. The number of esters is 1. The Balaban J connectivity index is 3.58. The van der Waals surface area contributed by atoms with E-state index in [2.05, 4.69) is 0 Å². The second kappa shape index (κ2) is 9.60. The summed E-state index contributed by atoms with van der Waals surface area (Å²) in [6, 6.07) is 0. The summed E-state index contributed by atoms with van der Waals surface area (Å²) in [5, 5.41) is 9.68. The minimum Gasteiger partial charge on any atom is -0.466 e. The quantitative estimate of drug-likeness (QED) is 0.486. The molecule has 0 amide bonds. The minimum absolute atomic E-state index is 0.0495. The van der Waals surface area contributed by atoms with E-state index in [1.54, 1.807) is 7.11 Å². The molecule has 0 aromatic rings. The highest BCUT2D eigenvalue weighted by Gasteiger charge is 2.15. The molecule has 0 rings (SSSR count). The fourth-order valence-corrected chi connectivity index (χ4v) is 1.33. The van der Waals surface area contributed by atoms with Crippen molar-refractivity contribution in [2.45, 2.75) is 45.6 Å². The zero-order chi connectivity index (χ0) is 12.4. The summed E-state index contributed by atoms with van der Waals surface area (Å²) in [7, 11) is 1.60. The van der Waals surface area contributed by atoms with Crippen molar-refractivity contribution >= 4 is 5.97 Å². The van der Waals surface area contributed by atoms with Crippen molar-refractivity contribution < 1.29 is 19.4 Å². The Morgan fingerprint density at radius 1 is 1.44 bits per heavy atom. The molecule has 0 heterocycles. The number of hydrogen-bond donors (Lipinski definition) is 1. The van der Waals surface area contributed by atoms with Crippen LogP contribution in [0.5, 0.6) is 0 Å². The average Bonchev–Trinajstić information content (AvgIpc) is 2.26. The highest BCUT2D eigenvalue weighted by atomic mass is 16.5. The van der Waals surface area contributed by atoms with Gasteiger partial charge in [-0.25, -0.2) is 0 Å². The van der Waals surface area contributed by atoms with Crippen LogP contribution in [0, 0.1) is 5.92 Å². The van der Waals surface area contributed by atoms with Crippen molar-refractivity contribution in [3.05, 3.63) is 0 Å². The van der Waals surface area contributed by atoms with Crippen molar-refractivity contribution in [2.24, 2.45) is 5.92 Å². The Morgan fingerprint density at radius 2 is 2.12 bits per heavy atom. The zero-order valence-electron chi connectivity index (χ0n) is 10.6. The lowest BCUT2D eigenvalue weighted by Crippen LogP contribution is -2.23. The lowest BCUT2D eigenvalue weighted by Gasteiger charge is -2.17. The van der Waals surface area contributed by atoms with Crippen molar-refractivity contribution in [3.8, 4) is 0 Å². The van der Waals surface area contributed by atoms with Crippen molar-refractivity contribution in [1.29, 1.82) is 0 Å². The van der Waals surface area contributed by atoms with Crippen molar-refractivity contribution in [3.63, 3.8) is 0 Å². The van der Waals surface area contributed by atoms with Gasteiger partial charge in [-0.2, -0.15) is 0 Å². The van der Waals surface area contributed by atoms with Crippen LogP contribution >= 0.6 is 0 Å². The van der Waals surface area contributed by atoms with E-state index in [-0.39, 0.29) is 18.3 Å². The first kappa shape index (κ1) is 15.4. The molecule has 4 nitrogen and oxygen atoms in total. The van der Waals surface area contributed by atoms with Crippen LogP contribution in [-0.4, -0.2) is 37.5 Å². The number of ether oxygens (including phenoxy) is 2. The van der Waals surface area contributed by atoms with Crippen LogP contribution in [0.4, 0.5) is 0 Å². The van der Waals surface area contributed by atoms with Crippen molar-refractivity contribution in [1.82, 2.24) is 0 Å². The van der Waals surface area contributed by atoms with Gasteiger partial charge in [-0.1, -0.05) is 20.3 Å². The van der Waals surface area contributed by atoms with Crippen LogP contribution < -0.4 is 0 Å². The molecule has 96 valence electrons. The number of carbonyl (C=O) groups excluding carboxylic acids is 1. The molecule has 1 N–H and O–H groups in total. The lowest BCUT2D eigenvalue weighted by molar-refractivity contribution is -0.144. The number of aliphatic hydroxyl groups is 1. The van der Waals surface area contributed by atoms with Crippen LogP contribution in [0.2, 0.25) is 0 Å². The Kier molecular flexibility index (Phi) is 9.24. The number of carbonyl (C=O) groups is 1. The van der Waals surface area contributed by atoms with E-state index in [1.165, 1.54) is 0 Å². The molecule has 2 unspecified atom stereocenters. The fourth-order valence-electron chi connectivity index (χ4n) is 1.33. The molecule has 0 spiro atoms. The second-order valence-corrected chi connectivity index (χ2v) is 4.11. The van der Waals surface area contributed by atoms with Gasteiger partial charge in [0.05, 0.1) is 19.3 Å². The van der Waals surface area contributed by atoms with Gasteiger partial charge in [-0.05, 0) is 12.8 Å². The monoisotopic (exact) mass is 232 g/mol. The summed E-state index contributed by atoms with van der Waals surface area (Å²) < 4.78 is 9.93. The number of methoxy groups -OCH3 is 1. The SMILES string of the molecule is CCCCOC(=O)CCC(O)C(C)COC. The van der Waals surface area contributed by atoms with E-state index in [1.807, 2.05) is 13.8 Å². The molecule has 0 aliphatic rings. The van der Waals surface area contributed by atoms with Crippen LogP contribution in [0.25, 0.3) is 0 Å². The maximum absolute atomic E-state index is 11.2. The third kappa shape index (κ3) is 7.65. The van der Waals surface area contributed by atoms with Gasteiger partial charge in [0.1, 0.15) is 0 Å². The first-order valence-corrected chi connectivity index (χ1v) is 5.94. The molecule has 0 saturated heterocycles. The van der Waals surface area contributed by atoms with E-state index >= 15 is 0 Å². The van der Waals surface area contributed by atoms with Crippen LogP contribution in [0.1, 0.15) is 39.5 Å². The number of rotatable bonds is 9. The molecular formula is C12H24O4. The van der Waals surface area contributed by atoms with E-state index in [0.717, 1.165) is 12.8 Å². The van der Waals surface area contributed by atoms with Gasteiger partial charge in [-0.15, -0.1) is 0 Å². The predicted octanol–water partition coefficient (Wildman–Crippen LogP) is 1.75. The van der Waals surface area contributed by atoms with Crippen LogP contribution in [0.15, 0.2) is 0 Å². The van der Waals surface area contributed by atoms with Crippen LogP contribution in [-0.2, 0) is 14.3 Å². The van der Waals surface area contributed by atoms with Gasteiger partial charge in [-0.3, -0.25) is 4.79 Å². The first-order chi connectivity index (χ1) is 7.61. The molecule has 0 radical (unpaired) electrons. The number of hydrogen-bond acceptors (Lipinski definition) is 4. The van der Waals surface area contributed by atoms with Gasteiger partial charge in [0.15, 0.2) is 0 Å². The third-order valence-corrected chi connectivity index (χ3v) is 2.49. The Bertz CT molecular complexity index is 182. The molecule has 0 saturated carbocycles. The molecule has 0 aliphatic carbocycles. The average molecular weight is 232 g/mol. The standard InChI is InChI=1S/C12H24O4/c1-4-5-8-16-12(14)7-6-11(13)10(2)9-15-3/h10-11,13H,4-9H2,1-3H3. The molecular weight excluding hydrogens is 208 g/mol. The van der Waals surface area contributed by atoms with Gasteiger partial charge >= 0.3 is 5.97 Å². The molecule has 0 bridgehead atoms. The summed E-state index contributed by atoms with van der Waals surface area (Å²) in [5.74, 6) is -0.175. The van der Waals surface area contributed by atoms with Gasteiger partial charge in [0.2, 0.25) is 0 Å². The molecule has 2 atom stereocenters. The summed E-state index contributed by atoms with van der Waals surface area (Å²) in [6.45, 7) is 4.94. The predicted molar refractivity (Wildman–Crippen MR) is 62.1 cm³/mol. The molecule has 0 aromatic heterocycles. The van der Waals surface area contributed by atoms with Gasteiger partial charge < -0.3 is 14.6 Å². The number of aliphatic hydroxyl groups excluding tert-OH is 1. The van der Waals surface area contributed by atoms with E-state index in [9.17, 15) is 9.90 Å². The highest BCUT2D eigenvalue weighted by molar-refractivity contribution is 5.69. The third-order valence-electron chi connectivity index (χ3n) is 2.49. The summed E-state index contributed by atoms with van der Waals surface area (Å²) in [5.41, 5.74) is 0. The van der Waals surface area contributed by atoms with E-state index < -0.39 is 6.10 Å². The Hall–Kier alpha value is -0.610. The Morgan fingerprint density at radius 3 is 2.69 bits per heavy atom. The largest absolute Gasteiger partial charge is 0.466 e. The maximum Gasteiger partial charge on any atom is 0.305 e. The molecule has 0 aliphatic heterocycles. The second-order valence-electron chi connectivity index (χ2n) is 4.11. The minimum atomic E-state index is -0.501. The summed E-state index contributed by atoms with van der Waals surface area (Å²) in [4.78, 5) is 11.2. The van der Waals surface area contributed by atoms with Crippen molar-refractivity contribution in [2.75, 3.05) is 20.3 Å². The van der Waals surface area contributed by atoms with Crippen LogP contribution in [0.3, 0.4) is 0 Å². The Labute approximate surface area is 97.9 Å². The molecule has 0 aromatic carbocycles. The molecule has 4 heteroatoms. The summed E-state index contributed by atoms with van der Waals surface area (Å²) >= 11 is 0. The topological polar surface area (TPSA) is 55.8 Å². The number of unbranched alkanes of at least 4 members (excludes halogenated alkanes) is 1. The highest BCUT2D eigenvalue weighted by Crippen LogP contribution is 2.10. The maximum atomic E-state index is 11.2. The van der Waals surface area contributed by atoms with Gasteiger partial charge in [0, 0.05) is 19.4 Å². The lowest BCUT2D eigenvalue weighted by atomic mass is 10.0. The zero-order valence-corrected chi connectivity index (χ0v) is 10.6. The first-order valence-electron chi connectivity index (χ1n) is 5.94. The fraction of sp³-hybridized carbons (Fsp3) is 0.917. The normalized spacial score (nSPS) is 14.5. The van der Waals surface area contributed by atoms with Gasteiger partial charge in [0.25, 0.3) is 0 Å². The van der Waals surface area contributed by atoms with E-state index in [0.29, 0.717) is 19.6 Å². The smallest absolute Gasteiger partial charge is 0.305 e.